The number of rotatable bonds is 4. The second kappa shape index (κ2) is 6.34. The molecular formula is C14H19BrN2O. The number of likely N-dealkylation sites (N-methyl/N-ethyl adjacent to an activating group) is 1. The van der Waals surface area contributed by atoms with Gasteiger partial charge < -0.3 is 5.32 Å². The Kier molecular flexibility index (Phi) is 4.78. The van der Waals surface area contributed by atoms with Gasteiger partial charge in [-0.05, 0) is 44.2 Å². The number of carbonyl (C=O) groups excluding carboxylic acids is 1. The van der Waals surface area contributed by atoms with E-state index in [4.69, 9.17) is 0 Å². The number of hydrogen-bond acceptors (Lipinski definition) is 2. The summed E-state index contributed by atoms with van der Waals surface area (Å²) in [5.74, 6) is 0.0618. The quantitative estimate of drug-likeness (QED) is 0.925. The lowest BCUT2D eigenvalue weighted by Crippen LogP contribution is -2.36. The zero-order valence-electron chi connectivity index (χ0n) is 10.7. The number of amides is 1. The van der Waals surface area contributed by atoms with E-state index in [0.717, 1.165) is 10.2 Å². The molecule has 1 aliphatic carbocycles. The van der Waals surface area contributed by atoms with Gasteiger partial charge in [-0.15, -0.1) is 0 Å². The van der Waals surface area contributed by atoms with E-state index >= 15 is 0 Å². The largest absolute Gasteiger partial charge is 0.325 e. The number of hydrogen-bond donors (Lipinski definition) is 1. The Labute approximate surface area is 117 Å². The first-order valence-electron chi connectivity index (χ1n) is 6.41. The van der Waals surface area contributed by atoms with Crippen LogP contribution in [0, 0.1) is 0 Å². The molecule has 0 saturated heterocycles. The van der Waals surface area contributed by atoms with Gasteiger partial charge >= 0.3 is 0 Å². The molecule has 0 radical (unpaired) electrons. The molecule has 0 heterocycles. The highest BCUT2D eigenvalue weighted by molar-refractivity contribution is 9.10. The zero-order valence-corrected chi connectivity index (χ0v) is 12.2. The lowest BCUT2D eigenvalue weighted by atomic mass is 10.2. The molecule has 1 saturated carbocycles. The van der Waals surface area contributed by atoms with Crippen LogP contribution in [-0.2, 0) is 4.79 Å². The summed E-state index contributed by atoms with van der Waals surface area (Å²) in [5.41, 5.74) is 0.850. The van der Waals surface area contributed by atoms with E-state index in [2.05, 4.69) is 26.1 Å². The summed E-state index contributed by atoms with van der Waals surface area (Å²) in [6.45, 7) is 0.473. The van der Waals surface area contributed by atoms with Crippen molar-refractivity contribution in [3.8, 4) is 0 Å². The number of benzene rings is 1. The lowest BCUT2D eigenvalue weighted by molar-refractivity contribution is -0.117. The molecule has 1 fully saturated rings. The van der Waals surface area contributed by atoms with Crippen LogP contribution >= 0.6 is 15.9 Å². The standard InChI is InChI=1S/C14H19BrN2O/c1-17(13-4-2-3-5-13)10-14(18)16-12-8-6-11(15)7-9-12/h6-9,13H,2-5,10H2,1H3,(H,16,18). The van der Waals surface area contributed by atoms with Crippen LogP contribution in [0.1, 0.15) is 25.7 Å². The van der Waals surface area contributed by atoms with Crippen molar-refractivity contribution in [1.82, 2.24) is 4.90 Å². The van der Waals surface area contributed by atoms with E-state index in [0.29, 0.717) is 12.6 Å². The van der Waals surface area contributed by atoms with Gasteiger partial charge in [0.15, 0.2) is 0 Å². The summed E-state index contributed by atoms with van der Waals surface area (Å²) in [5, 5.41) is 2.92. The van der Waals surface area contributed by atoms with Crippen molar-refractivity contribution in [1.29, 1.82) is 0 Å². The Morgan fingerprint density at radius 1 is 1.33 bits per heavy atom. The fraction of sp³-hybridized carbons (Fsp3) is 0.500. The molecule has 0 unspecified atom stereocenters. The fourth-order valence-corrected chi connectivity index (χ4v) is 2.70. The number of nitrogens with one attached hydrogen (secondary N) is 1. The van der Waals surface area contributed by atoms with Crippen molar-refractivity contribution < 1.29 is 4.79 Å². The molecule has 0 aromatic heterocycles. The first-order chi connectivity index (χ1) is 8.65. The highest BCUT2D eigenvalue weighted by Gasteiger charge is 2.20. The molecule has 0 aliphatic heterocycles. The Morgan fingerprint density at radius 3 is 2.56 bits per heavy atom. The van der Waals surface area contributed by atoms with Gasteiger partial charge in [-0.1, -0.05) is 28.8 Å². The first kappa shape index (κ1) is 13.6. The maximum Gasteiger partial charge on any atom is 0.238 e. The van der Waals surface area contributed by atoms with Crippen LogP contribution in [0.15, 0.2) is 28.7 Å². The second-order valence-corrected chi connectivity index (χ2v) is 5.82. The topological polar surface area (TPSA) is 32.3 Å². The molecule has 4 heteroatoms. The van der Waals surface area contributed by atoms with Gasteiger partial charge in [-0.3, -0.25) is 9.69 Å². The number of carbonyl (C=O) groups is 1. The average molecular weight is 311 g/mol. The van der Waals surface area contributed by atoms with Crippen molar-refractivity contribution >= 4 is 27.5 Å². The van der Waals surface area contributed by atoms with E-state index in [1.54, 1.807) is 0 Å². The van der Waals surface area contributed by atoms with Crippen LogP contribution in [-0.4, -0.2) is 30.4 Å². The Morgan fingerprint density at radius 2 is 1.94 bits per heavy atom. The van der Waals surface area contributed by atoms with Crippen LogP contribution in [0.4, 0.5) is 5.69 Å². The highest BCUT2D eigenvalue weighted by atomic mass is 79.9. The summed E-state index contributed by atoms with van der Waals surface area (Å²) in [4.78, 5) is 14.1. The number of anilines is 1. The Bertz CT molecular complexity index is 399. The van der Waals surface area contributed by atoms with Crippen LogP contribution < -0.4 is 5.32 Å². The van der Waals surface area contributed by atoms with Crippen LogP contribution in [0.2, 0.25) is 0 Å². The maximum absolute atomic E-state index is 11.9. The van der Waals surface area contributed by atoms with E-state index < -0.39 is 0 Å². The monoisotopic (exact) mass is 310 g/mol. The summed E-state index contributed by atoms with van der Waals surface area (Å²) in [6, 6.07) is 8.24. The number of nitrogens with zero attached hydrogens (tertiary/aromatic N) is 1. The fourth-order valence-electron chi connectivity index (χ4n) is 2.43. The van der Waals surface area contributed by atoms with Crippen molar-refractivity contribution in [2.45, 2.75) is 31.7 Å². The van der Waals surface area contributed by atoms with Gasteiger partial charge in [0.25, 0.3) is 0 Å². The molecule has 18 heavy (non-hydrogen) atoms. The van der Waals surface area contributed by atoms with Crippen LogP contribution in [0.3, 0.4) is 0 Å². The predicted octanol–water partition coefficient (Wildman–Crippen LogP) is 3.26. The molecule has 0 atom stereocenters. The normalized spacial score (nSPS) is 16.2. The molecule has 1 aromatic rings. The molecule has 1 aromatic carbocycles. The maximum atomic E-state index is 11.9. The van der Waals surface area contributed by atoms with Gasteiger partial charge in [0, 0.05) is 16.2 Å². The molecular weight excluding hydrogens is 292 g/mol. The van der Waals surface area contributed by atoms with Gasteiger partial charge in [-0.25, -0.2) is 0 Å². The number of halogens is 1. The highest BCUT2D eigenvalue weighted by Crippen LogP contribution is 2.22. The lowest BCUT2D eigenvalue weighted by Gasteiger charge is -2.23. The predicted molar refractivity (Wildman–Crippen MR) is 77.7 cm³/mol. The minimum atomic E-state index is 0.0618. The third-order valence-corrected chi connectivity index (χ3v) is 4.00. The van der Waals surface area contributed by atoms with Crippen molar-refractivity contribution in [3.63, 3.8) is 0 Å². The third-order valence-electron chi connectivity index (χ3n) is 3.47. The molecule has 0 spiro atoms. The summed E-state index contributed by atoms with van der Waals surface area (Å²) in [7, 11) is 2.04. The second-order valence-electron chi connectivity index (χ2n) is 4.91. The summed E-state index contributed by atoms with van der Waals surface area (Å²) >= 11 is 3.38. The zero-order chi connectivity index (χ0) is 13.0. The summed E-state index contributed by atoms with van der Waals surface area (Å²) < 4.78 is 1.02. The molecule has 98 valence electrons. The van der Waals surface area contributed by atoms with Crippen molar-refractivity contribution in [2.75, 3.05) is 18.9 Å². The minimum absolute atomic E-state index is 0.0618. The molecule has 1 amide bonds. The smallest absolute Gasteiger partial charge is 0.238 e. The average Bonchev–Trinajstić information content (AvgIpc) is 2.85. The molecule has 0 bridgehead atoms. The SMILES string of the molecule is CN(CC(=O)Nc1ccc(Br)cc1)C1CCCC1. The van der Waals surface area contributed by atoms with Gasteiger partial charge in [-0.2, -0.15) is 0 Å². The molecule has 2 rings (SSSR count). The Balaban J connectivity index is 1.82. The molecule has 3 nitrogen and oxygen atoms in total. The first-order valence-corrected chi connectivity index (χ1v) is 7.20. The minimum Gasteiger partial charge on any atom is -0.325 e. The summed E-state index contributed by atoms with van der Waals surface area (Å²) in [6.07, 6.45) is 5.04. The van der Waals surface area contributed by atoms with Crippen LogP contribution in [0.25, 0.3) is 0 Å². The molecule has 1 N–H and O–H groups in total. The Hall–Kier alpha value is -0.870. The van der Waals surface area contributed by atoms with Crippen LogP contribution in [0.5, 0.6) is 0 Å². The van der Waals surface area contributed by atoms with Gasteiger partial charge in [0.05, 0.1) is 6.54 Å². The van der Waals surface area contributed by atoms with Crippen molar-refractivity contribution in [3.05, 3.63) is 28.7 Å². The van der Waals surface area contributed by atoms with Crippen molar-refractivity contribution in [2.24, 2.45) is 0 Å². The van der Waals surface area contributed by atoms with Gasteiger partial charge in [0.2, 0.25) is 5.91 Å². The van der Waals surface area contributed by atoms with E-state index in [1.807, 2.05) is 31.3 Å². The van der Waals surface area contributed by atoms with Gasteiger partial charge in [0.1, 0.15) is 0 Å². The third kappa shape index (κ3) is 3.82. The van der Waals surface area contributed by atoms with E-state index in [1.165, 1.54) is 25.7 Å². The van der Waals surface area contributed by atoms with E-state index in [9.17, 15) is 4.79 Å². The van der Waals surface area contributed by atoms with E-state index in [-0.39, 0.29) is 5.91 Å². The molecule has 1 aliphatic rings.